The number of rotatable bonds is 4. The number of H-pyrrole nitrogens is 1. The summed E-state index contributed by atoms with van der Waals surface area (Å²) in [7, 11) is 0. The smallest absolute Gasteiger partial charge is 0.344 e. The van der Waals surface area contributed by atoms with Crippen molar-refractivity contribution in [3.63, 3.8) is 0 Å². The molecule has 8 nitrogen and oxygen atoms in total. The highest BCUT2D eigenvalue weighted by atomic mass is 32.2. The summed E-state index contributed by atoms with van der Waals surface area (Å²) in [5.41, 5.74) is 5.37. The molecule has 9 heteroatoms. The Kier molecular flexibility index (Phi) is 2.97. The number of hydrogen-bond acceptors (Lipinski definition) is 6. The van der Waals surface area contributed by atoms with Gasteiger partial charge in [0.2, 0.25) is 0 Å². The highest BCUT2D eigenvalue weighted by Gasteiger charge is 2.29. The molecular formula is C11H11N5O3S. The second kappa shape index (κ2) is 4.67. The first-order chi connectivity index (χ1) is 9.56. The lowest BCUT2D eigenvalue weighted by molar-refractivity contribution is 0.0697. The summed E-state index contributed by atoms with van der Waals surface area (Å²) in [5, 5.41) is 16.3. The Morgan fingerprint density at radius 1 is 1.55 bits per heavy atom. The molecule has 2 aromatic rings. The van der Waals surface area contributed by atoms with E-state index < -0.39 is 5.97 Å². The molecule has 0 radical (unpaired) electrons. The normalized spacial score (nSPS) is 14.4. The number of aromatic carboxylic acids is 1. The van der Waals surface area contributed by atoms with Crippen molar-refractivity contribution in [1.82, 2.24) is 19.7 Å². The van der Waals surface area contributed by atoms with E-state index in [4.69, 9.17) is 10.8 Å². The van der Waals surface area contributed by atoms with Gasteiger partial charge in [-0.05, 0) is 30.7 Å². The number of nitrogens with two attached hydrogens (primary N) is 1. The molecule has 0 amide bonds. The van der Waals surface area contributed by atoms with Gasteiger partial charge in [0.05, 0.1) is 17.4 Å². The van der Waals surface area contributed by atoms with Crippen molar-refractivity contribution in [2.24, 2.45) is 0 Å². The van der Waals surface area contributed by atoms with Gasteiger partial charge in [-0.3, -0.25) is 4.57 Å². The number of nitrogens with one attached hydrogen (secondary N) is 1. The van der Waals surface area contributed by atoms with E-state index in [0.29, 0.717) is 10.2 Å². The third-order valence-electron chi connectivity index (χ3n) is 2.92. The fourth-order valence-corrected chi connectivity index (χ4v) is 2.69. The molecule has 0 atom stereocenters. The molecule has 2 heterocycles. The molecule has 1 aliphatic rings. The Morgan fingerprint density at radius 3 is 2.95 bits per heavy atom. The molecular weight excluding hydrogens is 282 g/mol. The van der Waals surface area contributed by atoms with Gasteiger partial charge in [-0.15, -0.1) is 5.10 Å². The number of nitrogen functional groups attached to an aromatic ring is 1. The molecule has 0 unspecified atom stereocenters. The SMILES string of the molecule is Nc1cnc(Sc2n[nH]c(=O)n2C2CC2)cc1C(=O)O. The molecule has 3 rings (SSSR count). The molecule has 0 bridgehead atoms. The number of hydrogen-bond donors (Lipinski definition) is 3. The van der Waals surface area contributed by atoms with Crippen LogP contribution in [0.3, 0.4) is 0 Å². The van der Waals surface area contributed by atoms with Crippen LogP contribution in [0.25, 0.3) is 0 Å². The molecule has 1 aliphatic carbocycles. The van der Waals surface area contributed by atoms with Gasteiger partial charge < -0.3 is 10.8 Å². The van der Waals surface area contributed by atoms with Crippen molar-refractivity contribution >= 4 is 23.4 Å². The number of carboxylic acid groups (broad SMARTS) is 1. The summed E-state index contributed by atoms with van der Waals surface area (Å²) in [5.74, 6) is -1.12. The highest BCUT2D eigenvalue weighted by Crippen LogP contribution is 2.37. The minimum atomic E-state index is -1.12. The number of carbonyl (C=O) groups is 1. The lowest BCUT2D eigenvalue weighted by Gasteiger charge is -2.05. The van der Waals surface area contributed by atoms with Crippen molar-refractivity contribution in [2.45, 2.75) is 29.1 Å². The second-order valence-corrected chi connectivity index (χ2v) is 5.42. The molecule has 4 N–H and O–H groups in total. The first kappa shape index (κ1) is 12.7. The Hall–Kier alpha value is -2.29. The summed E-state index contributed by atoms with van der Waals surface area (Å²) in [6, 6.07) is 1.55. The van der Waals surface area contributed by atoms with Crippen LogP contribution in [0, 0.1) is 0 Å². The van der Waals surface area contributed by atoms with Crippen molar-refractivity contribution in [3.05, 3.63) is 28.3 Å². The summed E-state index contributed by atoms with van der Waals surface area (Å²) in [4.78, 5) is 26.7. The maximum Gasteiger partial charge on any atom is 0.344 e. The van der Waals surface area contributed by atoms with Crippen molar-refractivity contribution in [2.75, 3.05) is 5.73 Å². The Bertz CT molecular complexity index is 734. The van der Waals surface area contributed by atoms with Crippen LogP contribution in [0.15, 0.2) is 27.2 Å². The molecule has 0 spiro atoms. The lowest BCUT2D eigenvalue weighted by atomic mass is 10.2. The van der Waals surface area contributed by atoms with Crippen LogP contribution in [0.1, 0.15) is 29.2 Å². The number of aromatic amines is 1. The number of aromatic nitrogens is 4. The standard InChI is InChI=1S/C11H11N5O3S/c12-7-4-13-8(3-6(7)9(17)18)20-11-15-14-10(19)16(11)5-1-2-5/h3-5H,1-2,12H2,(H,14,19)(H,17,18). The van der Waals surface area contributed by atoms with E-state index in [2.05, 4.69) is 15.2 Å². The van der Waals surface area contributed by atoms with Gasteiger partial charge in [-0.25, -0.2) is 19.7 Å². The van der Waals surface area contributed by atoms with E-state index >= 15 is 0 Å². The van der Waals surface area contributed by atoms with Crippen LogP contribution in [-0.4, -0.2) is 30.8 Å². The summed E-state index contributed by atoms with van der Waals surface area (Å²) in [6.45, 7) is 0. The minimum absolute atomic E-state index is 0.0154. The first-order valence-corrected chi connectivity index (χ1v) is 6.71. The summed E-state index contributed by atoms with van der Waals surface area (Å²) in [6.07, 6.45) is 3.18. The Balaban J connectivity index is 1.94. The van der Waals surface area contributed by atoms with E-state index in [1.807, 2.05) is 0 Å². The summed E-state index contributed by atoms with van der Waals surface area (Å²) < 4.78 is 1.57. The van der Waals surface area contributed by atoms with Crippen LogP contribution >= 0.6 is 11.8 Å². The third-order valence-corrected chi connectivity index (χ3v) is 3.82. The van der Waals surface area contributed by atoms with E-state index in [0.717, 1.165) is 24.6 Å². The average molecular weight is 293 g/mol. The molecule has 1 saturated carbocycles. The topological polar surface area (TPSA) is 127 Å². The van der Waals surface area contributed by atoms with Crippen molar-refractivity contribution in [3.8, 4) is 0 Å². The maximum atomic E-state index is 11.6. The van der Waals surface area contributed by atoms with Crippen LogP contribution in [-0.2, 0) is 0 Å². The van der Waals surface area contributed by atoms with Gasteiger partial charge in [0, 0.05) is 6.04 Å². The van der Waals surface area contributed by atoms with Gasteiger partial charge in [0.1, 0.15) is 5.03 Å². The second-order valence-electron chi connectivity index (χ2n) is 4.43. The van der Waals surface area contributed by atoms with E-state index in [1.165, 1.54) is 12.3 Å². The number of nitrogens with zero attached hydrogens (tertiary/aromatic N) is 3. The molecule has 0 saturated heterocycles. The Morgan fingerprint density at radius 2 is 2.30 bits per heavy atom. The van der Waals surface area contributed by atoms with Crippen LogP contribution in [0.5, 0.6) is 0 Å². The fourth-order valence-electron chi connectivity index (χ4n) is 1.80. The molecule has 20 heavy (non-hydrogen) atoms. The van der Waals surface area contributed by atoms with Gasteiger partial charge in [-0.2, -0.15) is 0 Å². The van der Waals surface area contributed by atoms with E-state index in [1.54, 1.807) is 4.57 Å². The molecule has 1 fully saturated rings. The number of anilines is 1. The zero-order valence-corrected chi connectivity index (χ0v) is 11.1. The minimum Gasteiger partial charge on any atom is -0.478 e. The summed E-state index contributed by atoms with van der Waals surface area (Å²) >= 11 is 1.13. The van der Waals surface area contributed by atoms with Crippen molar-refractivity contribution in [1.29, 1.82) is 0 Å². The Labute approximate surface area is 117 Å². The maximum absolute atomic E-state index is 11.6. The van der Waals surface area contributed by atoms with Gasteiger partial charge in [0.25, 0.3) is 0 Å². The van der Waals surface area contributed by atoms with E-state index in [-0.39, 0.29) is 23.0 Å². The molecule has 0 aliphatic heterocycles. The van der Waals surface area contributed by atoms with E-state index in [9.17, 15) is 9.59 Å². The number of pyridine rings is 1. The van der Waals surface area contributed by atoms with Gasteiger partial charge >= 0.3 is 11.7 Å². The van der Waals surface area contributed by atoms with Crippen LogP contribution in [0.2, 0.25) is 0 Å². The molecule has 104 valence electrons. The zero-order chi connectivity index (χ0) is 14.3. The van der Waals surface area contributed by atoms with Crippen LogP contribution in [0.4, 0.5) is 5.69 Å². The third kappa shape index (κ3) is 2.27. The lowest BCUT2D eigenvalue weighted by Crippen LogP contribution is -2.16. The van der Waals surface area contributed by atoms with Crippen LogP contribution < -0.4 is 11.4 Å². The quantitative estimate of drug-likeness (QED) is 0.758. The molecule has 0 aromatic carbocycles. The zero-order valence-electron chi connectivity index (χ0n) is 10.2. The highest BCUT2D eigenvalue weighted by molar-refractivity contribution is 7.99. The monoisotopic (exact) mass is 293 g/mol. The fraction of sp³-hybridized carbons (Fsp3) is 0.273. The average Bonchev–Trinajstić information content (AvgIpc) is 3.17. The predicted octanol–water partition coefficient (Wildman–Crippen LogP) is 0.733. The predicted molar refractivity (Wildman–Crippen MR) is 70.9 cm³/mol. The molecule has 2 aromatic heterocycles. The van der Waals surface area contributed by atoms with Crippen molar-refractivity contribution < 1.29 is 9.90 Å². The van der Waals surface area contributed by atoms with Gasteiger partial charge in [-0.1, -0.05) is 0 Å². The first-order valence-electron chi connectivity index (χ1n) is 5.90. The van der Waals surface area contributed by atoms with Gasteiger partial charge in [0.15, 0.2) is 5.16 Å². The number of carboxylic acids is 1. The largest absolute Gasteiger partial charge is 0.478 e.